The third-order valence-corrected chi connectivity index (χ3v) is 8.76. The average molecular weight is 308 g/mol. The molecule has 0 aromatic carbocycles. The van der Waals surface area contributed by atoms with Crippen molar-refractivity contribution in [3.8, 4) is 0 Å². The zero-order valence-electron chi connectivity index (χ0n) is 14.6. The van der Waals surface area contributed by atoms with E-state index < -0.39 is 8.80 Å². The molecule has 1 radical (unpaired) electrons. The van der Waals surface area contributed by atoms with E-state index in [0.29, 0.717) is 28.6 Å². The largest absolute Gasteiger partial charge is 0.462 e. The van der Waals surface area contributed by atoms with Crippen molar-refractivity contribution in [3.63, 3.8) is 0 Å². The van der Waals surface area contributed by atoms with Crippen LogP contribution in [0.25, 0.3) is 0 Å². The maximum absolute atomic E-state index is 11.8. The minimum absolute atomic E-state index is 0.225. The average Bonchev–Trinajstić information content (AvgIpc) is 2.39. The first-order valence-corrected chi connectivity index (χ1v) is 10.8. The summed E-state index contributed by atoms with van der Waals surface area (Å²) in [6.45, 7) is 18.1. The van der Waals surface area contributed by atoms with Crippen molar-refractivity contribution in [2.75, 3.05) is 6.61 Å². The van der Waals surface area contributed by atoms with Gasteiger partial charge in [0.05, 0.1) is 6.61 Å². The number of carbonyl (C=O) groups excluding carboxylic acids is 1. The number of rotatable bonds is 5. The monoisotopic (exact) mass is 307 g/mol. The molecule has 3 aliphatic carbocycles. The van der Waals surface area contributed by atoms with Crippen LogP contribution >= 0.6 is 0 Å². The Kier molecular flexibility index (Phi) is 4.45. The molecule has 0 heterocycles. The topological polar surface area (TPSA) is 26.3 Å². The molecule has 0 aromatic rings. The molecule has 21 heavy (non-hydrogen) atoms. The second-order valence-corrected chi connectivity index (χ2v) is 11.0. The van der Waals surface area contributed by atoms with Crippen molar-refractivity contribution >= 4 is 14.8 Å². The van der Waals surface area contributed by atoms with Crippen LogP contribution in [0, 0.1) is 22.7 Å². The summed E-state index contributed by atoms with van der Waals surface area (Å²) in [4.78, 5) is 11.8. The van der Waals surface area contributed by atoms with Crippen molar-refractivity contribution in [1.82, 2.24) is 0 Å². The smallest absolute Gasteiger partial charge is 0.333 e. The first-order valence-electron chi connectivity index (χ1n) is 8.27. The van der Waals surface area contributed by atoms with Gasteiger partial charge in [0.25, 0.3) is 0 Å². The van der Waals surface area contributed by atoms with Gasteiger partial charge >= 0.3 is 5.97 Å². The molecule has 3 rings (SSSR count). The molecule has 4 atom stereocenters. The Balaban J connectivity index is 2.21. The van der Waals surface area contributed by atoms with Crippen LogP contribution in [-0.2, 0) is 9.53 Å². The summed E-state index contributed by atoms with van der Waals surface area (Å²) in [6.07, 6.45) is 4.06. The summed E-state index contributed by atoms with van der Waals surface area (Å²) >= 11 is 0. The number of hydrogen-bond donors (Lipinski definition) is 0. The van der Waals surface area contributed by atoms with Gasteiger partial charge in [-0.3, -0.25) is 0 Å². The van der Waals surface area contributed by atoms with Crippen LogP contribution in [0.3, 0.4) is 0 Å². The number of carbonyl (C=O) groups is 1. The summed E-state index contributed by atoms with van der Waals surface area (Å²) in [5.74, 6) is 1.39. The first-order chi connectivity index (χ1) is 9.64. The van der Waals surface area contributed by atoms with E-state index in [9.17, 15) is 4.79 Å². The molecule has 2 nitrogen and oxygen atoms in total. The highest BCUT2D eigenvalue weighted by Crippen LogP contribution is 2.74. The van der Waals surface area contributed by atoms with E-state index in [1.807, 2.05) is 0 Å². The zero-order chi connectivity index (χ0) is 16.0. The van der Waals surface area contributed by atoms with Crippen LogP contribution in [0.4, 0.5) is 0 Å². The van der Waals surface area contributed by atoms with Gasteiger partial charge in [-0.2, -0.15) is 0 Å². The Morgan fingerprint density at radius 2 is 2.00 bits per heavy atom. The minimum Gasteiger partial charge on any atom is -0.462 e. The van der Waals surface area contributed by atoms with Crippen molar-refractivity contribution in [3.05, 3.63) is 12.2 Å². The highest BCUT2D eigenvalue weighted by atomic mass is 28.3. The molecule has 3 fully saturated rings. The number of ether oxygens (including phenoxy) is 1. The maximum atomic E-state index is 11.8. The SMILES string of the molecule is C=C(C)C(=O)OCC([Si](C)C)C12CC(CCC1C)C2(C)C. The molecule has 4 unspecified atom stereocenters. The Morgan fingerprint density at radius 1 is 1.38 bits per heavy atom. The molecule has 3 aliphatic rings. The van der Waals surface area contributed by atoms with Crippen LogP contribution in [-0.4, -0.2) is 21.4 Å². The highest BCUT2D eigenvalue weighted by Gasteiger charge is 2.67. The normalized spacial score (nSPS) is 35.0. The van der Waals surface area contributed by atoms with Crippen LogP contribution in [0.5, 0.6) is 0 Å². The predicted molar refractivity (Wildman–Crippen MR) is 89.7 cm³/mol. The van der Waals surface area contributed by atoms with Gasteiger partial charge in [-0.05, 0) is 54.4 Å². The van der Waals surface area contributed by atoms with Gasteiger partial charge in [-0.25, -0.2) is 4.79 Å². The number of fused-ring (bicyclic) bond motifs is 2. The second kappa shape index (κ2) is 5.57. The van der Waals surface area contributed by atoms with E-state index in [1.54, 1.807) is 6.92 Å². The van der Waals surface area contributed by atoms with E-state index in [0.717, 1.165) is 11.8 Å². The van der Waals surface area contributed by atoms with Gasteiger partial charge < -0.3 is 4.74 Å². The Hall–Kier alpha value is -0.573. The molecular weight excluding hydrogens is 276 g/mol. The van der Waals surface area contributed by atoms with Crippen molar-refractivity contribution < 1.29 is 9.53 Å². The molecule has 0 aromatic heterocycles. The number of hydrogen-bond acceptors (Lipinski definition) is 2. The van der Waals surface area contributed by atoms with Gasteiger partial charge in [0, 0.05) is 14.4 Å². The molecular formula is C18H31O2Si. The highest BCUT2D eigenvalue weighted by molar-refractivity contribution is 6.57. The van der Waals surface area contributed by atoms with E-state index in [4.69, 9.17) is 4.74 Å². The molecule has 3 heteroatoms. The molecule has 0 aliphatic heterocycles. The summed E-state index contributed by atoms with van der Waals surface area (Å²) in [5.41, 5.74) is 1.83. The fourth-order valence-electron chi connectivity index (χ4n) is 5.23. The van der Waals surface area contributed by atoms with Crippen LogP contribution in [0.1, 0.15) is 47.0 Å². The lowest BCUT2D eigenvalue weighted by atomic mass is 9.36. The minimum atomic E-state index is -0.523. The van der Waals surface area contributed by atoms with Crippen LogP contribution in [0.15, 0.2) is 12.2 Å². The molecule has 0 N–H and O–H groups in total. The standard InChI is InChI=1S/C18H31O2Si/c1-12(2)16(19)20-11-15(21(6)7)18-10-14(17(18,4)5)9-8-13(18)3/h13-15H,1,8-11H2,2-7H3. The summed E-state index contributed by atoms with van der Waals surface area (Å²) in [6, 6.07) is 0. The van der Waals surface area contributed by atoms with Gasteiger partial charge in [0.15, 0.2) is 0 Å². The van der Waals surface area contributed by atoms with Crippen LogP contribution in [0.2, 0.25) is 18.6 Å². The van der Waals surface area contributed by atoms with Gasteiger partial charge in [0.1, 0.15) is 0 Å². The quantitative estimate of drug-likeness (QED) is 0.418. The second-order valence-electron chi connectivity index (χ2n) is 8.15. The lowest BCUT2D eigenvalue weighted by Crippen LogP contribution is -2.65. The number of esters is 1. The summed E-state index contributed by atoms with van der Waals surface area (Å²) in [5, 5.41) is 0. The van der Waals surface area contributed by atoms with Crippen molar-refractivity contribution in [2.45, 2.75) is 65.6 Å². The van der Waals surface area contributed by atoms with E-state index in [-0.39, 0.29) is 5.97 Å². The van der Waals surface area contributed by atoms with Gasteiger partial charge in [0.2, 0.25) is 0 Å². The molecule has 2 bridgehead atoms. The maximum Gasteiger partial charge on any atom is 0.333 e. The Bertz CT molecular complexity index is 440. The Morgan fingerprint density at radius 3 is 2.43 bits per heavy atom. The van der Waals surface area contributed by atoms with E-state index in [2.05, 4.69) is 40.4 Å². The fraction of sp³-hybridized carbons (Fsp3) is 0.833. The molecule has 119 valence electrons. The fourth-order valence-corrected chi connectivity index (χ4v) is 7.45. The van der Waals surface area contributed by atoms with Crippen molar-refractivity contribution in [1.29, 1.82) is 0 Å². The summed E-state index contributed by atoms with van der Waals surface area (Å²) in [7, 11) is -0.523. The molecule has 3 saturated carbocycles. The van der Waals surface area contributed by atoms with Crippen LogP contribution < -0.4 is 0 Å². The predicted octanol–water partition coefficient (Wildman–Crippen LogP) is 4.69. The summed E-state index contributed by atoms with van der Waals surface area (Å²) < 4.78 is 5.60. The molecule has 0 amide bonds. The van der Waals surface area contributed by atoms with E-state index >= 15 is 0 Å². The van der Waals surface area contributed by atoms with E-state index in [1.165, 1.54) is 19.3 Å². The third kappa shape index (κ3) is 2.41. The first kappa shape index (κ1) is 16.8. The zero-order valence-corrected chi connectivity index (χ0v) is 15.6. The molecule has 0 spiro atoms. The molecule has 0 saturated heterocycles. The third-order valence-electron chi connectivity index (χ3n) is 6.68. The lowest BCUT2D eigenvalue weighted by molar-refractivity contribution is -0.204. The van der Waals surface area contributed by atoms with Gasteiger partial charge in [-0.15, -0.1) is 0 Å². The van der Waals surface area contributed by atoms with Gasteiger partial charge in [-0.1, -0.05) is 40.4 Å². The Labute approximate surface area is 131 Å². The van der Waals surface area contributed by atoms with Crippen molar-refractivity contribution in [2.24, 2.45) is 22.7 Å². The lowest BCUT2D eigenvalue weighted by Gasteiger charge is -2.72.